The van der Waals surface area contributed by atoms with Crippen LogP contribution in [0.4, 0.5) is 5.82 Å². The van der Waals surface area contributed by atoms with E-state index in [1.807, 2.05) is 13.1 Å². The second-order valence-corrected chi connectivity index (χ2v) is 3.34. The Morgan fingerprint density at radius 2 is 2.31 bits per heavy atom. The highest BCUT2D eigenvalue weighted by atomic mass is 35.5. The van der Waals surface area contributed by atoms with Gasteiger partial charge in [-0.15, -0.1) is 11.6 Å². The Hall–Kier alpha value is -0.760. The van der Waals surface area contributed by atoms with E-state index in [1.165, 1.54) is 0 Å². The topological polar surface area (TPSA) is 24.9 Å². The highest BCUT2D eigenvalue weighted by Gasteiger charge is 1.99. The maximum atomic E-state index is 5.70. The largest absolute Gasteiger partial charge is 0.370 e. The summed E-state index contributed by atoms with van der Waals surface area (Å²) in [6.07, 6.45) is 2.93. The van der Waals surface area contributed by atoms with Gasteiger partial charge in [0.25, 0.3) is 0 Å². The van der Waals surface area contributed by atoms with Crippen molar-refractivity contribution in [2.24, 2.45) is 0 Å². The van der Waals surface area contributed by atoms with Crippen molar-refractivity contribution in [1.82, 2.24) is 4.98 Å². The number of aryl methyl sites for hydroxylation is 1. The van der Waals surface area contributed by atoms with E-state index in [9.17, 15) is 0 Å². The van der Waals surface area contributed by atoms with Gasteiger partial charge in [-0.05, 0) is 30.5 Å². The smallest absolute Gasteiger partial charge is 0.128 e. The molecule has 0 aliphatic heterocycles. The SMILES string of the molecule is CCCNc1ncc(CCl)cc1C. The van der Waals surface area contributed by atoms with E-state index < -0.39 is 0 Å². The highest BCUT2D eigenvalue weighted by Crippen LogP contribution is 2.13. The number of pyridine rings is 1. The standard InChI is InChI=1S/C10H15ClN2/c1-3-4-12-10-8(2)5-9(6-11)7-13-10/h5,7H,3-4,6H2,1-2H3,(H,12,13). The molecule has 1 heterocycles. The van der Waals surface area contributed by atoms with Crippen LogP contribution in [-0.2, 0) is 5.88 Å². The van der Waals surface area contributed by atoms with Gasteiger partial charge in [-0.1, -0.05) is 6.92 Å². The van der Waals surface area contributed by atoms with E-state index in [0.29, 0.717) is 5.88 Å². The average molecular weight is 199 g/mol. The zero-order valence-corrected chi connectivity index (χ0v) is 8.86. The monoisotopic (exact) mass is 198 g/mol. The van der Waals surface area contributed by atoms with Gasteiger partial charge in [-0.2, -0.15) is 0 Å². The van der Waals surface area contributed by atoms with E-state index in [2.05, 4.69) is 23.3 Å². The minimum atomic E-state index is 0.530. The van der Waals surface area contributed by atoms with Crippen LogP contribution >= 0.6 is 11.6 Å². The van der Waals surface area contributed by atoms with Crippen molar-refractivity contribution < 1.29 is 0 Å². The van der Waals surface area contributed by atoms with Crippen molar-refractivity contribution in [3.63, 3.8) is 0 Å². The van der Waals surface area contributed by atoms with Crippen LogP contribution in [-0.4, -0.2) is 11.5 Å². The molecule has 0 radical (unpaired) electrons. The zero-order chi connectivity index (χ0) is 9.68. The Labute approximate surface area is 84.3 Å². The van der Waals surface area contributed by atoms with Gasteiger partial charge in [0, 0.05) is 18.6 Å². The molecule has 0 aliphatic carbocycles. The van der Waals surface area contributed by atoms with E-state index in [0.717, 1.165) is 29.9 Å². The van der Waals surface area contributed by atoms with Gasteiger partial charge < -0.3 is 5.32 Å². The number of aromatic nitrogens is 1. The first-order valence-corrected chi connectivity index (χ1v) is 5.06. The molecule has 0 spiro atoms. The normalized spacial score (nSPS) is 10.1. The van der Waals surface area contributed by atoms with Gasteiger partial charge in [0.2, 0.25) is 0 Å². The summed E-state index contributed by atoms with van der Waals surface area (Å²) < 4.78 is 0. The molecule has 1 rings (SSSR count). The predicted molar refractivity (Wildman–Crippen MR) is 57.3 cm³/mol. The van der Waals surface area contributed by atoms with Crippen LogP contribution in [0.25, 0.3) is 0 Å². The van der Waals surface area contributed by atoms with Crippen molar-refractivity contribution in [3.8, 4) is 0 Å². The van der Waals surface area contributed by atoms with Gasteiger partial charge in [0.05, 0.1) is 0 Å². The lowest BCUT2D eigenvalue weighted by molar-refractivity contribution is 0.964. The Morgan fingerprint density at radius 1 is 1.54 bits per heavy atom. The third-order valence-corrected chi connectivity index (χ3v) is 2.14. The van der Waals surface area contributed by atoms with Crippen molar-refractivity contribution in [1.29, 1.82) is 0 Å². The van der Waals surface area contributed by atoms with E-state index in [4.69, 9.17) is 11.6 Å². The zero-order valence-electron chi connectivity index (χ0n) is 8.10. The second-order valence-electron chi connectivity index (χ2n) is 3.07. The summed E-state index contributed by atoms with van der Waals surface area (Å²) in [6.45, 7) is 5.14. The lowest BCUT2D eigenvalue weighted by Crippen LogP contribution is -2.03. The highest BCUT2D eigenvalue weighted by molar-refractivity contribution is 6.17. The number of hydrogen-bond donors (Lipinski definition) is 1. The molecule has 72 valence electrons. The number of anilines is 1. The summed E-state index contributed by atoms with van der Waals surface area (Å²) in [7, 11) is 0. The Kier molecular flexibility index (Phi) is 4.03. The third-order valence-electron chi connectivity index (χ3n) is 1.83. The summed E-state index contributed by atoms with van der Waals surface area (Å²) in [4.78, 5) is 4.29. The number of alkyl halides is 1. The molecule has 3 heteroatoms. The molecular weight excluding hydrogens is 184 g/mol. The van der Waals surface area contributed by atoms with Crippen LogP contribution in [0.5, 0.6) is 0 Å². The van der Waals surface area contributed by atoms with E-state index >= 15 is 0 Å². The van der Waals surface area contributed by atoms with Crippen LogP contribution in [0.1, 0.15) is 24.5 Å². The fourth-order valence-electron chi connectivity index (χ4n) is 1.13. The van der Waals surface area contributed by atoms with E-state index in [1.54, 1.807) is 0 Å². The molecule has 0 atom stereocenters. The number of hydrogen-bond acceptors (Lipinski definition) is 2. The van der Waals surface area contributed by atoms with Crippen molar-refractivity contribution in [2.75, 3.05) is 11.9 Å². The van der Waals surface area contributed by atoms with Crippen LogP contribution in [0.15, 0.2) is 12.3 Å². The molecule has 0 unspecified atom stereocenters. The van der Waals surface area contributed by atoms with Gasteiger partial charge >= 0.3 is 0 Å². The summed E-state index contributed by atoms with van der Waals surface area (Å²) in [5.41, 5.74) is 2.23. The van der Waals surface area contributed by atoms with Gasteiger partial charge in [-0.25, -0.2) is 4.98 Å². The fourth-order valence-corrected chi connectivity index (χ4v) is 1.28. The average Bonchev–Trinajstić information content (AvgIpc) is 2.16. The second kappa shape index (κ2) is 5.07. The Morgan fingerprint density at radius 3 is 2.85 bits per heavy atom. The molecule has 0 aliphatic rings. The van der Waals surface area contributed by atoms with Crippen LogP contribution in [0.3, 0.4) is 0 Å². The van der Waals surface area contributed by atoms with Crippen LogP contribution in [0, 0.1) is 6.92 Å². The Balaban J connectivity index is 2.73. The summed E-state index contributed by atoms with van der Waals surface area (Å²) in [6, 6.07) is 2.07. The van der Waals surface area contributed by atoms with E-state index in [-0.39, 0.29) is 0 Å². The first kappa shape index (κ1) is 10.3. The minimum absolute atomic E-state index is 0.530. The first-order chi connectivity index (χ1) is 6.27. The van der Waals surface area contributed by atoms with Crippen molar-refractivity contribution in [2.45, 2.75) is 26.1 Å². The summed E-state index contributed by atoms with van der Waals surface area (Å²) in [5.74, 6) is 1.50. The molecule has 1 aromatic rings. The quantitative estimate of drug-likeness (QED) is 0.753. The number of nitrogens with one attached hydrogen (secondary N) is 1. The maximum Gasteiger partial charge on any atom is 0.128 e. The molecule has 0 saturated heterocycles. The van der Waals surface area contributed by atoms with Gasteiger partial charge in [-0.3, -0.25) is 0 Å². The molecule has 0 bridgehead atoms. The molecule has 0 amide bonds. The minimum Gasteiger partial charge on any atom is -0.370 e. The number of rotatable bonds is 4. The third kappa shape index (κ3) is 2.88. The lowest BCUT2D eigenvalue weighted by atomic mass is 10.2. The number of halogens is 1. The lowest BCUT2D eigenvalue weighted by Gasteiger charge is -2.07. The fraction of sp³-hybridized carbons (Fsp3) is 0.500. The Bertz CT molecular complexity index is 274. The van der Waals surface area contributed by atoms with Crippen LogP contribution in [0.2, 0.25) is 0 Å². The molecular formula is C10H15ClN2. The molecule has 0 saturated carbocycles. The van der Waals surface area contributed by atoms with Gasteiger partial charge in [0.1, 0.15) is 5.82 Å². The first-order valence-electron chi connectivity index (χ1n) is 4.53. The molecule has 0 fully saturated rings. The maximum absolute atomic E-state index is 5.70. The molecule has 2 nitrogen and oxygen atoms in total. The van der Waals surface area contributed by atoms with Crippen molar-refractivity contribution in [3.05, 3.63) is 23.4 Å². The number of nitrogens with zero attached hydrogens (tertiary/aromatic N) is 1. The summed E-state index contributed by atoms with van der Waals surface area (Å²) >= 11 is 5.70. The predicted octanol–water partition coefficient (Wildman–Crippen LogP) is 2.95. The molecule has 0 aromatic carbocycles. The summed E-state index contributed by atoms with van der Waals surface area (Å²) in [5, 5.41) is 3.26. The van der Waals surface area contributed by atoms with Crippen LogP contribution < -0.4 is 5.32 Å². The molecule has 1 aromatic heterocycles. The van der Waals surface area contributed by atoms with Crippen molar-refractivity contribution >= 4 is 17.4 Å². The molecule has 1 N–H and O–H groups in total. The molecule has 13 heavy (non-hydrogen) atoms. The van der Waals surface area contributed by atoms with Gasteiger partial charge in [0.15, 0.2) is 0 Å².